The third-order valence-corrected chi connectivity index (χ3v) is 2.15. The molecule has 0 bridgehead atoms. The fourth-order valence-electron chi connectivity index (χ4n) is 1.06. The minimum Gasteiger partial charge on any atom is -0.468 e. The zero-order valence-electron chi connectivity index (χ0n) is 8.55. The van der Waals surface area contributed by atoms with Crippen molar-refractivity contribution in [2.24, 2.45) is 5.73 Å². The fraction of sp³-hybridized carbons (Fsp3) is 0.333. The number of aromatic nitrogens is 1. The van der Waals surface area contributed by atoms with Gasteiger partial charge in [-0.25, -0.2) is 0 Å². The van der Waals surface area contributed by atoms with E-state index in [1.54, 1.807) is 12.4 Å². The average molecular weight is 332 g/mol. The molecule has 1 unspecified atom stereocenters. The van der Waals surface area contributed by atoms with E-state index < -0.39 is 12.0 Å². The summed E-state index contributed by atoms with van der Waals surface area (Å²) in [5, 5.41) is 0. The summed E-state index contributed by atoms with van der Waals surface area (Å²) in [5.41, 5.74) is 6.49. The van der Waals surface area contributed by atoms with E-state index in [1.807, 2.05) is 6.07 Å². The second-order valence-corrected chi connectivity index (χ2v) is 3.76. The smallest absolute Gasteiger partial charge is 0.322 e. The molecule has 92 valence electrons. The van der Waals surface area contributed by atoms with E-state index >= 15 is 0 Å². The van der Waals surface area contributed by atoms with Gasteiger partial charge in [-0.05, 0) is 34.0 Å². The number of halogens is 3. The number of rotatable bonds is 3. The Morgan fingerprint density at radius 2 is 2.19 bits per heavy atom. The van der Waals surface area contributed by atoms with E-state index in [1.165, 1.54) is 7.11 Å². The van der Waals surface area contributed by atoms with Crippen molar-refractivity contribution in [3.05, 3.63) is 28.5 Å². The lowest BCUT2D eigenvalue weighted by Crippen LogP contribution is -2.33. The van der Waals surface area contributed by atoms with Gasteiger partial charge < -0.3 is 10.5 Å². The molecule has 1 rings (SSSR count). The van der Waals surface area contributed by atoms with Gasteiger partial charge in [0, 0.05) is 16.9 Å². The van der Waals surface area contributed by atoms with Crippen LogP contribution in [0.1, 0.15) is 5.56 Å². The number of hydrogen-bond donors (Lipinski definition) is 1. The van der Waals surface area contributed by atoms with Crippen LogP contribution in [0.5, 0.6) is 0 Å². The van der Waals surface area contributed by atoms with Gasteiger partial charge in [0.15, 0.2) is 0 Å². The van der Waals surface area contributed by atoms with Gasteiger partial charge in [0.05, 0.1) is 7.11 Å². The zero-order valence-corrected chi connectivity index (χ0v) is 11.8. The molecular weight excluding hydrogens is 319 g/mol. The molecule has 1 atom stereocenters. The van der Waals surface area contributed by atoms with Gasteiger partial charge in [0.25, 0.3) is 0 Å². The van der Waals surface area contributed by atoms with Gasteiger partial charge >= 0.3 is 5.97 Å². The first kappa shape index (κ1) is 18.0. The lowest BCUT2D eigenvalue weighted by molar-refractivity contribution is -0.142. The molecule has 1 aromatic heterocycles. The number of esters is 1. The van der Waals surface area contributed by atoms with Gasteiger partial charge in [-0.3, -0.25) is 9.78 Å². The Kier molecular flexibility index (Phi) is 9.86. The van der Waals surface area contributed by atoms with Crippen LogP contribution in [0.3, 0.4) is 0 Å². The van der Waals surface area contributed by atoms with E-state index in [2.05, 4.69) is 25.7 Å². The quantitative estimate of drug-likeness (QED) is 0.857. The van der Waals surface area contributed by atoms with E-state index in [-0.39, 0.29) is 24.8 Å². The van der Waals surface area contributed by atoms with E-state index in [0.717, 1.165) is 10.0 Å². The first-order valence-corrected chi connectivity index (χ1v) is 4.85. The number of nitrogens with zero attached hydrogens (tertiary/aromatic N) is 1. The molecule has 2 N–H and O–H groups in total. The monoisotopic (exact) mass is 330 g/mol. The van der Waals surface area contributed by atoms with E-state index in [4.69, 9.17) is 5.73 Å². The summed E-state index contributed by atoms with van der Waals surface area (Å²) in [6.07, 6.45) is 3.78. The molecule has 0 spiro atoms. The molecule has 0 aliphatic carbocycles. The second-order valence-electron chi connectivity index (χ2n) is 2.85. The minimum atomic E-state index is -0.629. The number of carbonyl (C=O) groups is 1. The highest BCUT2D eigenvalue weighted by atomic mass is 79.9. The van der Waals surface area contributed by atoms with E-state index in [9.17, 15) is 4.79 Å². The number of methoxy groups -OCH3 is 1. The Labute approximate surface area is 115 Å². The molecule has 4 nitrogen and oxygen atoms in total. The van der Waals surface area contributed by atoms with Gasteiger partial charge in [-0.1, -0.05) is 0 Å². The summed E-state index contributed by atoms with van der Waals surface area (Å²) in [4.78, 5) is 15.0. The summed E-state index contributed by atoms with van der Waals surface area (Å²) in [6, 6.07) is 1.24. The second kappa shape index (κ2) is 8.75. The number of ether oxygens (including phenoxy) is 1. The Morgan fingerprint density at radius 3 is 2.69 bits per heavy atom. The predicted molar refractivity (Wildman–Crippen MR) is 70.1 cm³/mol. The third kappa shape index (κ3) is 5.65. The normalized spacial score (nSPS) is 10.7. The maximum absolute atomic E-state index is 11.0. The molecule has 7 heteroatoms. The number of pyridine rings is 1. The predicted octanol–water partition coefficient (Wildman–Crippen LogP) is 1.73. The standard InChI is InChI=1S/C9H11BrN2O2.2ClH/c1-14-9(13)8(11)3-6-2-7(10)5-12-4-6;;/h2,4-5,8H,3,11H2,1H3;2*1H. The molecule has 1 aromatic rings. The summed E-state index contributed by atoms with van der Waals surface area (Å²) >= 11 is 3.29. The maximum Gasteiger partial charge on any atom is 0.322 e. The molecule has 1 heterocycles. The van der Waals surface area contributed by atoms with Gasteiger partial charge in [0.2, 0.25) is 0 Å². The topological polar surface area (TPSA) is 65.2 Å². The summed E-state index contributed by atoms with van der Waals surface area (Å²) in [5.74, 6) is -0.412. The molecule has 0 saturated carbocycles. The molecule has 0 saturated heterocycles. The van der Waals surface area contributed by atoms with Crippen molar-refractivity contribution < 1.29 is 9.53 Å². The Morgan fingerprint density at radius 1 is 1.56 bits per heavy atom. The minimum absolute atomic E-state index is 0. The summed E-state index contributed by atoms with van der Waals surface area (Å²) in [6.45, 7) is 0. The first-order valence-electron chi connectivity index (χ1n) is 4.06. The van der Waals surface area contributed by atoms with Crippen molar-refractivity contribution in [2.75, 3.05) is 7.11 Å². The van der Waals surface area contributed by atoms with Crippen LogP contribution in [0.15, 0.2) is 22.9 Å². The molecule has 0 amide bonds. The van der Waals surface area contributed by atoms with Gasteiger partial charge in [0.1, 0.15) is 6.04 Å². The molecule has 0 fully saturated rings. The lowest BCUT2D eigenvalue weighted by Gasteiger charge is -2.08. The highest BCUT2D eigenvalue weighted by Gasteiger charge is 2.14. The van der Waals surface area contributed by atoms with Crippen LogP contribution in [0.4, 0.5) is 0 Å². The first-order chi connectivity index (χ1) is 6.63. The maximum atomic E-state index is 11.0. The van der Waals surface area contributed by atoms with Crippen molar-refractivity contribution in [1.82, 2.24) is 4.98 Å². The van der Waals surface area contributed by atoms with Gasteiger partial charge in [-0.2, -0.15) is 0 Å². The average Bonchev–Trinajstić information content (AvgIpc) is 2.16. The van der Waals surface area contributed by atoms with Gasteiger partial charge in [-0.15, -0.1) is 24.8 Å². The Balaban J connectivity index is 0. The van der Waals surface area contributed by atoms with Crippen LogP contribution < -0.4 is 5.73 Å². The Bertz CT molecular complexity index is 339. The van der Waals surface area contributed by atoms with Crippen molar-refractivity contribution in [2.45, 2.75) is 12.5 Å². The van der Waals surface area contributed by atoms with Crippen LogP contribution in [0, 0.1) is 0 Å². The molecule has 0 aliphatic heterocycles. The van der Waals surface area contributed by atoms with Crippen LogP contribution >= 0.6 is 40.7 Å². The third-order valence-electron chi connectivity index (χ3n) is 1.72. The fourth-order valence-corrected chi connectivity index (χ4v) is 1.47. The summed E-state index contributed by atoms with van der Waals surface area (Å²) < 4.78 is 5.39. The van der Waals surface area contributed by atoms with E-state index in [0.29, 0.717) is 6.42 Å². The Hall–Kier alpha value is -0.360. The highest BCUT2D eigenvalue weighted by molar-refractivity contribution is 9.10. The van der Waals surface area contributed by atoms with Crippen LogP contribution in [0.25, 0.3) is 0 Å². The van der Waals surface area contributed by atoms with Crippen LogP contribution in [-0.2, 0) is 16.0 Å². The number of hydrogen-bond acceptors (Lipinski definition) is 4. The SMILES string of the molecule is COC(=O)C(N)Cc1cncc(Br)c1.Cl.Cl. The molecule has 0 aliphatic rings. The van der Waals surface area contributed by atoms with Crippen LogP contribution in [0.2, 0.25) is 0 Å². The zero-order chi connectivity index (χ0) is 10.6. The molecule has 16 heavy (non-hydrogen) atoms. The lowest BCUT2D eigenvalue weighted by atomic mass is 10.1. The van der Waals surface area contributed by atoms with Crippen molar-refractivity contribution in [3.63, 3.8) is 0 Å². The molecule has 0 aromatic carbocycles. The van der Waals surface area contributed by atoms with Crippen molar-refractivity contribution in [1.29, 1.82) is 0 Å². The summed E-state index contributed by atoms with van der Waals surface area (Å²) in [7, 11) is 1.32. The highest BCUT2D eigenvalue weighted by Crippen LogP contribution is 2.10. The molecule has 0 radical (unpaired) electrons. The van der Waals surface area contributed by atoms with Crippen LogP contribution in [-0.4, -0.2) is 24.1 Å². The largest absolute Gasteiger partial charge is 0.468 e. The number of nitrogens with two attached hydrogens (primary N) is 1. The molecular formula is C9H13BrCl2N2O2. The van der Waals surface area contributed by atoms with Crippen molar-refractivity contribution in [3.8, 4) is 0 Å². The van der Waals surface area contributed by atoms with Crippen molar-refractivity contribution >= 4 is 46.7 Å². The number of carbonyl (C=O) groups excluding carboxylic acids is 1.